The number of carbonyl (C=O) groups is 1. The van der Waals surface area contributed by atoms with Gasteiger partial charge in [-0.3, -0.25) is 5.32 Å². The van der Waals surface area contributed by atoms with Crippen LogP contribution in [-0.2, 0) is 0 Å². The summed E-state index contributed by atoms with van der Waals surface area (Å²) in [6.07, 6.45) is 5.75. The molecule has 134 valence electrons. The third-order valence-corrected chi connectivity index (χ3v) is 5.10. The van der Waals surface area contributed by atoms with Gasteiger partial charge >= 0.3 is 6.03 Å². The number of carbonyl (C=O) groups excluding carboxylic acids is 1. The zero-order chi connectivity index (χ0) is 17.6. The van der Waals surface area contributed by atoms with Crippen LogP contribution < -0.4 is 20.1 Å². The third-order valence-electron chi connectivity index (χ3n) is 4.34. The first-order chi connectivity index (χ1) is 12.2. The lowest BCUT2D eigenvalue weighted by Gasteiger charge is -2.22. The summed E-state index contributed by atoms with van der Waals surface area (Å²) in [5.74, 6) is 1.32. The molecule has 1 aliphatic carbocycles. The summed E-state index contributed by atoms with van der Waals surface area (Å²) < 4.78 is 10.6. The van der Waals surface area contributed by atoms with Crippen molar-refractivity contribution in [2.24, 2.45) is 0 Å². The van der Waals surface area contributed by atoms with Gasteiger partial charge in [-0.05, 0) is 31.0 Å². The van der Waals surface area contributed by atoms with Gasteiger partial charge in [0.05, 0.1) is 19.9 Å². The fourth-order valence-electron chi connectivity index (χ4n) is 3.02. The third kappa shape index (κ3) is 4.42. The van der Waals surface area contributed by atoms with Crippen molar-refractivity contribution in [2.75, 3.05) is 19.5 Å². The van der Waals surface area contributed by atoms with E-state index in [1.165, 1.54) is 30.6 Å². The standard InChI is InChI=1S/C18H23N3O3S/c1-23-15-9-8-12(10-16(15)24-2)14-11-25-18(20-14)21-17(22)19-13-6-4-3-5-7-13/h8-11,13H,3-7H2,1-2H3,(H2,19,20,21,22). The Morgan fingerprint density at radius 1 is 1.16 bits per heavy atom. The Bertz CT molecular complexity index is 726. The van der Waals surface area contributed by atoms with Crippen LogP contribution >= 0.6 is 11.3 Å². The molecule has 0 unspecified atom stereocenters. The van der Waals surface area contributed by atoms with Gasteiger partial charge in [-0.25, -0.2) is 9.78 Å². The number of benzene rings is 1. The van der Waals surface area contributed by atoms with Crippen LogP contribution in [0.4, 0.5) is 9.93 Å². The number of thiazole rings is 1. The highest BCUT2D eigenvalue weighted by Crippen LogP contribution is 2.33. The van der Waals surface area contributed by atoms with E-state index in [4.69, 9.17) is 9.47 Å². The summed E-state index contributed by atoms with van der Waals surface area (Å²) in [6.45, 7) is 0. The van der Waals surface area contributed by atoms with Crippen molar-refractivity contribution in [1.29, 1.82) is 0 Å². The molecule has 0 spiro atoms. The van der Waals surface area contributed by atoms with E-state index in [-0.39, 0.29) is 12.1 Å². The van der Waals surface area contributed by atoms with Crippen LogP contribution in [0.1, 0.15) is 32.1 Å². The molecule has 0 bridgehead atoms. The minimum absolute atomic E-state index is 0.180. The van der Waals surface area contributed by atoms with Crippen molar-refractivity contribution < 1.29 is 14.3 Å². The van der Waals surface area contributed by atoms with E-state index in [1.807, 2.05) is 23.6 Å². The number of hydrogen-bond donors (Lipinski definition) is 2. The second-order valence-electron chi connectivity index (χ2n) is 6.04. The molecule has 0 aliphatic heterocycles. The summed E-state index contributed by atoms with van der Waals surface area (Å²) in [6, 6.07) is 5.73. The molecule has 1 heterocycles. The number of nitrogens with zero attached hydrogens (tertiary/aromatic N) is 1. The summed E-state index contributed by atoms with van der Waals surface area (Å²) in [7, 11) is 3.21. The second kappa shape index (κ2) is 8.20. The first-order valence-corrected chi connectivity index (χ1v) is 9.33. The molecule has 7 heteroatoms. The fraction of sp³-hybridized carbons (Fsp3) is 0.444. The SMILES string of the molecule is COc1ccc(-c2csc(NC(=O)NC3CCCCC3)n2)cc1OC. The minimum Gasteiger partial charge on any atom is -0.493 e. The Morgan fingerprint density at radius 3 is 2.64 bits per heavy atom. The van der Waals surface area contributed by atoms with Crippen molar-refractivity contribution >= 4 is 22.5 Å². The summed E-state index contributed by atoms with van der Waals surface area (Å²) in [5, 5.41) is 8.36. The lowest BCUT2D eigenvalue weighted by Crippen LogP contribution is -2.38. The zero-order valence-corrected chi connectivity index (χ0v) is 15.3. The van der Waals surface area contributed by atoms with Crippen LogP contribution in [0.15, 0.2) is 23.6 Å². The van der Waals surface area contributed by atoms with Crippen LogP contribution in [0.2, 0.25) is 0 Å². The Labute approximate surface area is 151 Å². The second-order valence-corrected chi connectivity index (χ2v) is 6.90. The van der Waals surface area contributed by atoms with Crippen LogP contribution in [-0.4, -0.2) is 31.3 Å². The monoisotopic (exact) mass is 361 g/mol. The molecule has 2 amide bonds. The highest BCUT2D eigenvalue weighted by Gasteiger charge is 2.16. The molecule has 2 aromatic rings. The molecule has 1 saturated carbocycles. The average Bonchev–Trinajstić information content (AvgIpc) is 3.10. The maximum absolute atomic E-state index is 12.1. The minimum atomic E-state index is -0.180. The lowest BCUT2D eigenvalue weighted by molar-refractivity contribution is 0.244. The van der Waals surface area contributed by atoms with Gasteiger partial charge in [0.25, 0.3) is 0 Å². The highest BCUT2D eigenvalue weighted by molar-refractivity contribution is 7.14. The first-order valence-electron chi connectivity index (χ1n) is 8.45. The number of ether oxygens (including phenoxy) is 2. The molecule has 0 atom stereocenters. The predicted octanol–water partition coefficient (Wildman–Crippen LogP) is 4.28. The van der Waals surface area contributed by atoms with E-state index < -0.39 is 0 Å². The van der Waals surface area contributed by atoms with Gasteiger partial charge in [-0.15, -0.1) is 11.3 Å². The molecule has 1 aliphatic rings. The van der Waals surface area contributed by atoms with E-state index in [2.05, 4.69) is 15.6 Å². The van der Waals surface area contributed by atoms with Gasteiger partial charge in [-0.2, -0.15) is 0 Å². The molecule has 0 saturated heterocycles. The molecule has 1 aromatic carbocycles. The molecular formula is C18H23N3O3S. The van der Waals surface area contributed by atoms with E-state index in [0.717, 1.165) is 24.1 Å². The smallest absolute Gasteiger partial charge is 0.321 e. The predicted molar refractivity (Wildman–Crippen MR) is 99.7 cm³/mol. The number of anilines is 1. The molecule has 25 heavy (non-hydrogen) atoms. The molecule has 2 N–H and O–H groups in total. The molecule has 6 nitrogen and oxygen atoms in total. The Kier molecular flexibility index (Phi) is 5.75. The number of methoxy groups -OCH3 is 2. The van der Waals surface area contributed by atoms with Gasteiger partial charge in [0.15, 0.2) is 16.6 Å². The normalized spacial score (nSPS) is 14.8. The van der Waals surface area contributed by atoms with E-state index in [1.54, 1.807) is 14.2 Å². The quantitative estimate of drug-likeness (QED) is 0.834. The maximum atomic E-state index is 12.1. The van der Waals surface area contributed by atoms with E-state index >= 15 is 0 Å². The lowest BCUT2D eigenvalue weighted by atomic mass is 9.96. The molecule has 1 fully saturated rings. The topological polar surface area (TPSA) is 72.5 Å². The summed E-state index contributed by atoms with van der Waals surface area (Å²) >= 11 is 1.40. The van der Waals surface area contributed by atoms with Gasteiger partial charge in [0, 0.05) is 17.0 Å². The molecule has 1 aromatic heterocycles. The van der Waals surface area contributed by atoms with Crippen LogP contribution in [0, 0.1) is 0 Å². The number of nitrogens with one attached hydrogen (secondary N) is 2. The Balaban J connectivity index is 1.64. The number of urea groups is 1. The Morgan fingerprint density at radius 2 is 1.92 bits per heavy atom. The van der Waals surface area contributed by atoms with Gasteiger partial charge in [0.2, 0.25) is 0 Å². The van der Waals surface area contributed by atoms with Crippen molar-refractivity contribution in [3.8, 4) is 22.8 Å². The van der Waals surface area contributed by atoms with Gasteiger partial charge in [-0.1, -0.05) is 19.3 Å². The number of amides is 2. The van der Waals surface area contributed by atoms with Crippen LogP contribution in [0.25, 0.3) is 11.3 Å². The summed E-state index contributed by atoms with van der Waals surface area (Å²) in [4.78, 5) is 16.6. The average molecular weight is 361 g/mol. The van der Waals surface area contributed by atoms with Crippen LogP contribution in [0.5, 0.6) is 11.5 Å². The zero-order valence-electron chi connectivity index (χ0n) is 14.5. The number of aromatic nitrogens is 1. The fourth-order valence-corrected chi connectivity index (χ4v) is 3.74. The van der Waals surface area contributed by atoms with Crippen molar-refractivity contribution in [1.82, 2.24) is 10.3 Å². The molecular weight excluding hydrogens is 338 g/mol. The van der Waals surface area contributed by atoms with Crippen molar-refractivity contribution in [3.05, 3.63) is 23.6 Å². The number of rotatable bonds is 5. The summed E-state index contributed by atoms with van der Waals surface area (Å²) in [5.41, 5.74) is 1.70. The molecule has 0 radical (unpaired) electrons. The highest BCUT2D eigenvalue weighted by atomic mass is 32.1. The van der Waals surface area contributed by atoms with Crippen molar-refractivity contribution in [2.45, 2.75) is 38.1 Å². The molecule has 3 rings (SSSR count). The maximum Gasteiger partial charge on any atom is 0.321 e. The van der Waals surface area contributed by atoms with Crippen LogP contribution in [0.3, 0.4) is 0 Å². The van der Waals surface area contributed by atoms with Gasteiger partial charge < -0.3 is 14.8 Å². The van der Waals surface area contributed by atoms with Gasteiger partial charge in [0.1, 0.15) is 0 Å². The Hall–Kier alpha value is -2.28. The largest absolute Gasteiger partial charge is 0.493 e. The number of hydrogen-bond acceptors (Lipinski definition) is 5. The van der Waals surface area contributed by atoms with E-state index in [0.29, 0.717) is 16.6 Å². The first kappa shape index (κ1) is 17.5. The van der Waals surface area contributed by atoms with Crippen molar-refractivity contribution in [3.63, 3.8) is 0 Å². The van der Waals surface area contributed by atoms with E-state index in [9.17, 15) is 4.79 Å².